The summed E-state index contributed by atoms with van der Waals surface area (Å²) in [5, 5.41) is 0. The van der Waals surface area contributed by atoms with E-state index < -0.39 is 0 Å². The first kappa shape index (κ1) is 20.0. The fourth-order valence-corrected chi connectivity index (χ4v) is 4.53. The number of pyridine rings is 1. The highest BCUT2D eigenvalue weighted by Crippen LogP contribution is 2.34. The van der Waals surface area contributed by atoms with Crippen LogP contribution in [0.4, 0.5) is 4.39 Å². The first-order valence-corrected chi connectivity index (χ1v) is 10.9. The lowest BCUT2D eigenvalue weighted by Crippen LogP contribution is -2.15. The smallest absolute Gasteiger partial charge is 0.132 e. The number of hydrogen-bond acceptors (Lipinski definition) is 1. The van der Waals surface area contributed by atoms with Gasteiger partial charge in [-0.05, 0) is 60.4 Å². The monoisotopic (exact) mass is 367 g/mol. The Morgan fingerprint density at radius 1 is 0.852 bits per heavy atom. The summed E-state index contributed by atoms with van der Waals surface area (Å²) in [5.74, 6) is 1.64. The molecule has 1 nitrogen and oxygen atoms in total. The molecule has 1 aliphatic carbocycles. The van der Waals surface area contributed by atoms with Gasteiger partial charge >= 0.3 is 0 Å². The fourth-order valence-electron chi connectivity index (χ4n) is 4.53. The van der Waals surface area contributed by atoms with Crippen molar-refractivity contribution in [3.63, 3.8) is 0 Å². The summed E-state index contributed by atoms with van der Waals surface area (Å²) in [5.41, 5.74) is 3.68. The molecule has 1 fully saturated rings. The van der Waals surface area contributed by atoms with Crippen molar-refractivity contribution < 1.29 is 4.39 Å². The molecule has 1 aromatic heterocycles. The number of aryl methyl sites for hydroxylation is 2. The molecule has 0 amide bonds. The van der Waals surface area contributed by atoms with E-state index in [1.165, 1.54) is 50.5 Å². The zero-order valence-electron chi connectivity index (χ0n) is 17.0. The van der Waals surface area contributed by atoms with Crippen molar-refractivity contribution in [1.29, 1.82) is 0 Å². The third-order valence-corrected chi connectivity index (χ3v) is 6.18. The molecular formula is C25H34FN. The molecule has 2 aromatic rings. The average Bonchev–Trinajstić information content (AvgIpc) is 2.69. The van der Waals surface area contributed by atoms with Gasteiger partial charge in [-0.3, -0.25) is 4.98 Å². The normalized spacial score (nSPS) is 20.0. The molecule has 1 saturated carbocycles. The summed E-state index contributed by atoms with van der Waals surface area (Å²) in [6, 6.07) is 9.72. The van der Waals surface area contributed by atoms with Crippen molar-refractivity contribution in [3.8, 4) is 11.3 Å². The van der Waals surface area contributed by atoms with Gasteiger partial charge < -0.3 is 0 Å². The highest BCUT2D eigenvalue weighted by atomic mass is 19.1. The predicted molar refractivity (Wildman–Crippen MR) is 112 cm³/mol. The SMILES string of the molecule is CCCc1ccc(-c2ccc(CC[C@H]3CC[C@H](CCC)CC3)cc2F)nc1. The van der Waals surface area contributed by atoms with Crippen molar-refractivity contribution in [2.24, 2.45) is 11.8 Å². The molecule has 146 valence electrons. The second kappa shape index (κ2) is 10.0. The van der Waals surface area contributed by atoms with E-state index in [2.05, 4.69) is 31.0 Å². The minimum Gasteiger partial charge on any atom is -0.256 e. The van der Waals surface area contributed by atoms with Gasteiger partial charge in [0.25, 0.3) is 0 Å². The number of benzene rings is 1. The lowest BCUT2D eigenvalue weighted by Gasteiger charge is -2.28. The van der Waals surface area contributed by atoms with Crippen molar-refractivity contribution in [1.82, 2.24) is 4.98 Å². The minimum absolute atomic E-state index is 0.144. The van der Waals surface area contributed by atoms with Crippen molar-refractivity contribution in [2.45, 2.75) is 78.1 Å². The van der Waals surface area contributed by atoms with Gasteiger partial charge in [0.2, 0.25) is 0 Å². The van der Waals surface area contributed by atoms with Crippen LogP contribution in [0, 0.1) is 17.7 Å². The first-order valence-electron chi connectivity index (χ1n) is 10.9. The van der Waals surface area contributed by atoms with Crippen molar-refractivity contribution in [3.05, 3.63) is 53.5 Å². The lowest BCUT2D eigenvalue weighted by atomic mass is 9.78. The van der Waals surface area contributed by atoms with Crippen LogP contribution in [0.25, 0.3) is 11.3 Å². The van der Waals surface area contributed by atoms with E-state index in [0.717, 1.165) is 42.4 Å². The molecule has 0 radical (unpaired) electrons. The summed E-state index contributed by atoms with van der Waals surface area (Å²) >= 11 is 0. The van der Waals surface area contributed by atoms with Gasteiger partial charge in [-0.25, -0.2) is 4.39 Å². The average molecular weight is 368 g/mol. The zero-order chi connectivity index (χ0) is 19.1. The topological polar surface area (TPSA) is 12.9 Å². The third-order valence-electron chi connectivity index (χ3n) is 6.18. The molecule has 0 saturated heterocycles. The molecule has 0 bridgehead atoms. The van der Waals surface area contributed by atoms with Crippen LogP contribution in [0.15, 0.2) is 36.5 Å². The third kappa shape index (κ3) is 5.64. The molecule has 1 heterocycles. The standard InChI is InChI=1S/C25H34FN/c1-3-5-19-7-9-20(10-8-19)11-12-21-13-15-23(24(26)17-21)25-16-14-22(6-4-2)18-27-25/h13-20H,3-12H2,1-2H3/t19-,20-. The molecule has 0 atom stereocenters. The molecule has 0 aliphatic heterocycles. The Bertz CT molecular complexity index is 699. The Kier molecular flexibility index (Phi) is 7.43. The van der Waals surface area contributed by atoms with Gasteiger partial charge in [0.05, 0.1) is 5.69 Å². The van der Waals surface area contributed by atoms with Crippen LogP contribution in [0.5, 0.6) is 0 Å². The van der Waals surface area contributed by atoms with Crippen LogP contribution in [-0.4, -0.2) is 4.98 Å². The van der Waals surface area contributed by atoms with Crippen molar-refractivity contribution in [2.75, 3.05) is 0 Å². The van der Waals surface area contributed by atoms with Gasteiger partial charge in [-0.15, -0.1) is 0 Å². The van der Waals surface area contributed by atoms with Gasteiger partial charge in [-0.2, -0.15) is 0 Å². The second-order valence-electron chi connectivity index (χ2n) is 8.33. The summed E-state index contributed by atoms with van der Waals surface area (Å²) in [6.07, 6.45) is 14.4. The summed E-state index contributed by atoms with van der Waals surface area (Å²) < 4.78 is 14.6. The van der Waals surface area contributed by atoms with E-state index in [9.17, 15) is 4.39 Å². The molecule has 0 N–H and O–H groups in total. The largest absolute Gasteiger partial charge is 0.256 e. The van der Waals surface area contributed by atoms with E-state index >= 15 is 0 Å². The maximum absolute atomic E-state index is 14.6. The number of nitrogens with zero attached hydrogens (tertiary/aromatic N) is 1. The van der Waals surface area contributed by atoms with Gasteiger partial charge in [-0.1, -0.05) is 70.9 Å². The molecular weight excluding hydrogens is 333 g/mol. The van der Waals surface area contributed by atoms with Crippen LogP contribution in [0.1, 0.15) is 76.3 Å². The van der Waals surface area contributed by atoms with Crippen LogP contribution >= 0.6 is 0 Å². The van der Waals surface area contributed by atoms with Crippen LogP contribution in [-0.2, 0) is 12.8 Å². The Morgan fingerprint density at radius 3 is 2.15 bits per heavy atom. The molecule has 0 spiro atoms. The minimum atomic E-state index is -0.144. The summed E-state index contributed by atoms with van der Waals surface area (Å²) in [4.78, 5) is 4.46. The van der Waals surface area contributed by atoms with E-state index in [-0.39, 0.29) is 5.82 Å². The number of aromatic nitrogens is 1. The highest BCUT2D eigenvalue weighted by molar-refractivity contribution is 5.60. The van der Waals surface area contributed by atoms with E-state index in [1.54, 1.807) is 6.07 Å². The van der Waals surface area contributed by atoms with Gasteiger partial charge in [0.1, 0.15) is 5.82 Å². The van der Waals surface area contributed by atoms with E-state index in [0.29, 0.717) is 5.56 Å². The first-order chi connectivity index (χ1) is 13.2. The number of hydrogen-bond donors (Lipinski definition) is 0. The molecule has 1 aromatic carbocycles. The Balaban J connectivity index is 1.55. The zero-order valence-corrected chi connectivity index (χ0v) is 17.0. The molecule has 27 heavy (non-hydrogen) atoms. The van der Waals surface area contributed by atoms with Gasteiger partial charge in [0.15, 0.2) is 0 Å². The Hall–Kier alpha value is -1.70. The predicted octanol–water partition coefficient (Wildman–Crippen LogP) is 7.38. The van der Waals surface area contributed by atoms with E-state index in [1.807, 2.05) is 18.3 Å². The lowest BCUT2D eigenvalue weighted by molar-refractivity contribution is 0.252. The number of rotatable bonds is 8. The molecule has 1 aliphatic rings. The quantitative estimate of drug-likeness (QED) is 0.474. The second-order valence-corrected chi connectivity index (χ2v) is 8.33. The maximum Gasteiger partial charge on any atom is 0.132 e. The number of halogens is 1. The Morgan fingerprint density at radius 2 is 1.56 bits per heavy atom. The van der Waals surface area contributed by atoms with Gasteiger partial charge in [0, 0.05) is 11.8 Å². The van der Waals surface area contributed by atoms with Crippen molar-refractivity contribution >= 4 is 0 Å². The Labute approximate surface area is 164 Å². The fraction of sp³-hybridized carbons (Fsp3) is 0.560. The maximum atomic E-state index is 14.6. The van der Waals surface area contributed by atoms with E-state index in [4.69, 9.17) is 0 Å². The summed E-state index contributed by atoms with van der Waals surface area (Å²) in [7, 11) is 0. The molecule has 3 rings (SSSR count). The highest BCUT2D eigenvalue weighted by Gasteiger charge is 2.20. The van der Waals surface area contributed by atoms with Crippen LogP contribution < -0.4 is 0 Å². The molecule has 0 unspecified atom stereocenters. The van der Waals surface area contributed by atoms with Crippen LogP contribution in [0.3, 0.4) is 0 Å². The summed E-state index contributed by atoms with van der Waals surface area (Å²) in [6.45, 7) is 4.45. The van der Waals surface area contributed by atoms with Crippen LogP contribution in [0.2, 0.25) is 0 Å². The molecule has 2 heteroatoms.